The van der Waals surface area contributed by atoms with E-state index in [1.807, 2.05) is 18.2 Å². The van der Waals surface area contributed by atoms with Gasteiger partial charge in [-0.05, 0) is 50.4 Å². The highest BCUT2D eigenvalue weighted by atomic mass is 35.5. The van der Waals surface area contributed by atoms with Crippen molar-refractivity contribution in [3.8, 4) is 0 Å². The van der Waals surface area contributed by atoms with Crippen LogP contribution >= 0.6 is 34.7 Å². The van der Waals surface area contributed by atoms with E-state index in [9.17, 15) is 0 Å². The molecule has 128 valence electrons. The van der Waals surface area contributed by atoms with Gasteiger partial charge in [0.1, 0.15) is 5.15 Å². The maximum absolute atomic E-state index is 6.32. The van der Waals surface area contributed by atoms with Crippen molar-refractivity contribution in [2.45, 2.75) is 41.1 Å². The van der Waals surface area contributed by atoms with Gasteiger partial charge >= 0.3 is 0 Å². The standard InChI is InChI=1S/C18H22ClN3S2/c19-17-16(24-18(21-17)23-15-4-2-1-3-5-15)11-20-10-13-8-9-22(12-13)14-6-7-14/h1-5,13-14,20H,6-12H2. The Labute approximate surface area is 156 Å². The highest BCUT2D eigenvalue weighted by molar-refractivity contribution is 8.01. The number of hydrogen-bond acceptors (Lipinski definition) is 5. The zero-order chi connectivity index (χ0) is 16.4. The average Bonchev–Trinajstić information content (AvgIpc) is 3.24. The van der Waals surface area contributed by atoms with Crippen molar-refractivity contribution >= 4 is 34.7 Å². The molecule has 1 unspecified atom stereocenters. The Morgan fingerprint density at radius 3 is 2.88 bits per heavy atom. The van der Waals surface area contributed by atoms with Gasteiger partial charge in [-0.3, -0.25) is 0 Å². The number of thiazole rings is 1. The van der Waals surface area contributed by atoms with Gasteiger partial charge in [0.25, 0.3) is 0 Å². The van der Waals surface area contributed by atoms with Crippen LogP contribution in [-0.4, -0.2) is 35.6 Å². The van der Waals surface area contributed by atoms with Gasteiger partial charge in [-0.15, -0.1) is 11.3 Å². The zero-order valence-electron chi connectivity index (χ0n) is 13.6. The van der Waals surface area contributed by atoms with E-state index >= 15 is 0 Å². The topological polar surface area (TPSA) is 28.2 Å². The summed E-state index contributed by atoms with van der Waals surface area (Å²) >= 11 is 9.70. The average molecular weight is 380 g/mol. The van der Waals surface area contributed by atoms with Crippen LogP contribution in [-0.2, 0) is 6.54 Å². The lowest BCUT2D eigenvalue weighted by atomic mass is 10.1. The van der Waals surface area contributed by atoms with Crippen LogP contribution in [0.15, 0.2) is 39.6 Å². The van der Waals surface area contributed by atoms with E-state index in [2.05, 4.69) is 27.3 Å². The molecule has 6 heteroatoms. The Balaban J connectivity index is 1.26. The van der Waals surface area contributed by atoms with Gasteiger partial charge in [0.15, 0.2) is 4.34 Å². The van der Waals surface area contributed by atoms with E-state index in [4.69, 9.17) is 11.6 Å². The van der Waals surface area contributed by atoms with E-state index in [1.54, 1.807) is 23.1 Å². The molecule has 0 amide bonds. The first-order chi connectivity index (χ1) is 11.8. The van der Waals surface area contributed by atoms with Crippen LogP contribution in [0.2, 0.25) is 5.15 Å². The predicted octanol–water partition coefficient (Wildman–Crippen LogP) is 4.52. The molecular weight excluding hydrogens is 358 g/mol. The first-order valence-electron chi connectivity index (χ1n) is 8.61. The number of rotatable bonds is 7. The summed E-state index contributed by atoms with van der Waals surface area (Å²) in [5.41, 5.74) is 0. The SMILES string of the molecule is Clc1nc(Sc2ccccc2)sc1CNCC1CCN(C2CC2)C1. The molecule has 1 saturated heterocycles. The normalized spacial score (nSPS) is 21.5. The summed E-state index contributed by atoms with van der Waals surface area (Å²) in [5, 5.41) is 4.24. The highest BCUT2D eigenvalue weighted by Crippen LogP contribution is 2.35. The quantitative estimate of drug-likeness (QED) is 0.765. The fourth-order valence-corrected chi connectivity index (χ4v) is 5.65. The van der Waals surface area contributed by atoms with Gasteiger partial charge in [-0.2, -0.15) is 0 Å². The van der Waals surface area contributed by atoms with Crippen LogP contribution in [0.4, 0.5) is 0 Å². The lowest BCUT2D eigenvalue weighted by molar-refractivity contribution is 0.312. The lowest BCUT2D eigenvalue weighted by Crippen LogP contribution is -2.27. The van der Waals surface area contributed by atoms with E-state index in [1.165, 1.54) is 37.2 Å². The molecular formula is C18H22ClN3S2. The monoisotopic (exact) mass is 379 g/mol. The Morgan fingerprint density at radius 2 is 2.08 bits per heavy atom. The van der Waals surface area contributed by atoms with E-state index < -0.39 is 0 Å². The molecule has 1 aliphatic carbocycles. The van der Waals surface area contributed by atoms with Gasteiger partial charge in [-0.1, -0.05) is 41.6 Å². The van der Waals surface area contributed by atoms with E-state index in [-0.39, 0.29) is 0 Å². The molecule has 1 atom stereocenters. The van der Waals surface area contributed by atoms with Crippen LogP contribution in [0.25, 0.3) is 0 Å². The van der Waals surface area contributed by atoms with Crippen molar-refractivity contribution in [2.75, 3.05) is 19.6 Å². The second-order valence-corrected chi connectivity index (χ2v) is 9.38. The number of nitrogens with one attached hydrogen (secondary N) is 1. The Kier molecular flexibility index (Phi) is 5.44. The van der Waals surface area contributed by atoms with Crippen LogP contribution in [0, 0.1) is 5.92 Å². The fourth-order valence-electron chi connectivity index (χ4n) is 3.25. The molecule has 1 saturated carbocycles. The van der Waals surface area contributed by atoms with Gasteiger partial charge in [0.2, 0.25) is 0 Å². The lowest BCUT2D eigenvalue weighted by Gasteiger charge is -2.14. The summed E-state index contributed by atoms with van der Waals surface area (Å²) in [6.45, 7) is 4.46. The Hall–Kier alpha value is -0.590. The molecule has 0 radical (unpaired) electrons. The van der Waals surface area contributed by atoms with Gasteiger partial charge in [-0.25, -0.2) is 4.98 Å². The van der Waals surface area contributed by atoms with Crippen molar-refractivity contribution in [2.24, 2.45) is 5.92 Å². The predicted molar refractivity (Wildman–Crippen MR) is 102 cm³/mol. The molecule has 1 aromatic carbocycles. The molecule has 2 heterocycles. The molecule has 3 nitrogen and oxygen atoms in total. The first kappa shape index (κ1) is 16.9. The smallest absolute Gasteiger partial charge is 0.156 e. The van der Waals surface area contributed by atoms with E-state index in [0.29, 0.717) is 5.15 Å². The van der Waals surface area contributed by atoms with Crippen molar-refractivity contribution in [1.82, 2.24) is 15.2 Å². The fraction of sp³-hybridized carbons (Fsp3) is 0.500. The third-order valence-electron chi connectivity index (χ3n) is 4.68. The van der Waals surface area contributed by atoms with Crippen LogP contribution in [0.5, 0.6) is 0 Å². The molecule has 0 spiro atoms. The summed E-state index contributed by atoms with van der Waals surface area (Å²) < 4.78 is 1.02. The number of likely N-dealkylation sites (tertiary alicyclic amines) is 1. The first-order valence-corrected chi connectivity index (χ1v) is 10.6. The molecule has 24 heavy (non-hydrogen) atoms. The number of benzene rings is 1. The molecule has 1 aromatic heterocycles. The highest BCUT2D eigenvalue weighted by Gasteiger charge is 2.34. The van der Waals surface area contributed by atoms with Gasteiger partial charge < -0.3 is 10.2 Å². The second kappa shape index (κ2) is 7.75. The maximum Gasteiger partial charge on any atom is 0.156 e. The minimum Gasteiger partial charge on any atom is -0.311 e. The van der Waals surface area contributed by atoms with Crippen LogP contribution < -0.4 is 5.32 Å². The Bertz CT molecular complexity index is 672. The Morgan fingerprint density at radius 1 is 1.25 bits per heavy atom. The molecule has 2 aliphatic rings. The molecule has 4 rings (SSSR count). The largest absolute Gasteiger partial charge is 0.311 e. The van der Waals surface area contributed by atoms with Crippen molar-refractivity contribution in [1.29, 1.82) is 0 Å². The van der Waals surface area contributed by atoms with E-state index in [0.717, 1.165) is 34.3 Å². The van der Waals surface area contributed by atoms with Gasteiger partial charge in [0.05, 0.1) is 4.88 Å². The molecule has 1 aliphatic heterocycles. The third-order valence-corrected chi connectivity index (χ3v) is 7.23. The molecule has 0 bridgehead atoms. The third kappa shape index (κ3) is 4.33. The number of hydrogen-bond donors (Lipinski definition) is 1. The zero-order valence-corrected chi connectivity index (χ0v) is 16.0. The summed E-state index contributed by atoms with van der Waals surface area (Å²) in [4.78, 5) is 9.51. The van der Waals surface area contributed by atoms with Crippen molar-refractivity contribution < 1.29 is 0 Å². The number of aromatic nitrogens is 1. The van der Waals surface area contributed by atoms with Crippen molar-refractivity contribution in [3.05, 3.63) is 40.4 Å². The van der Waals surface area contributed by atoms with Crippen LogP contribution in [0.1, 0.15) is 24.1 Å². The molecule has 1 N–H and O–H groups in total. The minimum absolute atomic E-state index is 0.650. The van der Waals surface area contributed by atoms with Crippen molar-refractivity contribution in [3.63, 3.8) is 0 Å². The summed E-state index contributed by atoms with van der Waals surface area (Å²) in [7, 11) is 0. The summed E-state index contributed by atoms with van der Waals surface area (Å²) in [6, 6.07) is 11.2. The van der Waals surface area contributed by atoms with Crippen LogP contribution in [0.3, 0.4) is 0 Å². The molecule has 2 fully saturated rings. The maximum atomic E-state index is 6.32. The number of halogens is 1. The summed E-state index contributed by atoms with van der Waals surface area (Å²) in [5.74, 6) is 0.787. The minimum atomic E-state index is 0.650. The summed E-state index contributed by atoms with van der Waals surface area (Å²) in [6.07, 6.45) is 4.16. The van der Waals surface area contributed by atoms with Gasteiger partial charge in [0, 0.05) is 24.0 Å². The molecule has 2 aromatic rings. The number of nitrogens with zero attached hydrogens (tertiary/aromatic N) is 2. The second-order valence-electron chi connectivity index (χ2n) is 6.62.